The zero-order valence-corrected chi connectivity index (χ0v) is 12.7. The van der Waals surface area contributed by atoms with Crippen molar-refractivity contribution in [3.8, 4) is 0 Å². The third-order valence-corrected chi connectivity index (χ3v) is 3.71. The van der Waals surface area contributed by atoms with E-state index in [2.05, 4.69) is 37.9 Å². The average molecular weight is 256 g/mol. The molecule has 0 amide bonds. The molecule has 0 radical (unpaired) electrons. The van der Waals surface area contributed by atoms with Crippen molar-refractivity contribution in [3.05, 3.63) is 0 Å². The van der Waals surface area contributed by atoms with E-state index in [4.69, 9.17) is 4.74 Å². The lowest BCUT2D eigenvalue weighted by molar-refractivity contribution is 0.0707. The number of hydrogen-bond acceptors (Lipinski definition) is 3. The number of ether oxygens (including phenoxy) is 1. The van der Waals surface area contributed by atoms with Gasteiger partial charge in [-0.05, 0) is 46.6 Å². The summed E-state index contributed by atoms with van der Waals surface area (Å²) in [7, 11) is 0. The average Bonchev–Trinajstić information content (AvgIpc) is 2.32. The highest BCUT2D eigenvalue weighted by Crippen LogP contribution is 2.11. The molecule has 1 heterocycles. The predicted molar refractivity (Wildman–Crippen MR) is 78.1 cm³/mol. The monoisotopic (exact) mass is 256 g/mol. The largest absolute Gasteiger partial charge is 0.379 e. The van der Waals surface area contributed by atoms with Crippen LogP contribution < -0.4 is 5.32 Å². The summed E-state index contributed by atoms with van der Waals surface area (Å²) >= 11 is 0. The first kappa shape index (κ1) is 15.9. The number of piperazine rings is 1. The van der Waals surface area contributed by atoms with Crippen LogP contribution in [0, 0.1) is 0 Å². The predicted octanol–water partition coefficient (Wildman–Crippen LogP) is 2.65. The van der Waals surface area contributed by atoms with E-state index in [1.54, 1.807) is 0 Å². The molecule has 0 aromatic heterocycles. The van der Waals surface area contributed by atoms with Crippen molar-refractivity contribution in [2.75, 3.05) is 26.2 Å². The number of nitrogens with one attached hydrogen (secondary N) is 1. The van der Waals surface area contributed by atoms with E-state index in [1.807, 2.05) is 0 Å². The third kappa shape index (κ3) is 6.17. The molecule has 18 heavy (non-hydrogen) atoms. The minimum atomic E-state index is 0.372. The minimum Gasteiger partial charge on any atom is -0.379 e. The van der Waals surface area contributed by atoms with E-state index < -0.39 is 0 Å². The lowest BCUT2D eigenvalue weighted by Crippen LogP contribution is -2.55. The van der Waals surface area contributed by atoms with Crippen LogP contribution in [0.4, 0.5) is 0 Å². The second kappa shape index (κ2) is 8.89. The molecule has 0 aromatic carbocycles. The van der Waals surface area contributed by atoms with Crippen LogP contribution in [0.15, 0.2) is 0 Å². The van der Waals surface area contributed by atoms with Crippen LogP contribution in [0.25, 0.3) is 0 Å². The van der Waals surface area contributed by atoms with Crippen LogP contribution in [0.3, 0.4) is 0 Å². The Kier molecular flexibility index (Phi) is 7.87. The maximum absolute atomic E-state index is 5.59. The summed E-state index contributed by atoms with van der Waals surface area (Å²) in [5.41, 5.74) is 0. The Labute approximate surface area is 113 Å². The zero-order chi connectivity index (χ0) is 13.4. The number of nitrogens with zero attached hydrogens (tertiary/aromatic N) is 1. The normalized spacial score (nSPS) is 25.8. The maximum atomic E-state index is 5.59. The van der Waals surface area contributed by atoms with Crippen molar-refractivity contribution in [2.24, 2.45) is 0 Å². The highest BCUT2D eigenvalue weighted by atomic mass is 16.5. The van der Waals surface area contributed by atoms with E-state index in [-0.39, 0.29) is 0 Å². The highest BCUT2D eigenvalue weighted by molar-refractivity contribution is 4.83. The van der Waals surface area contributed by atoms with Crippen LogP contribution in [0.5, 0.6) is 0 Å². The summed E-state index contributed by atoms with van der Waals surface area (Å²) in [5, 5.41) is 3.65. The van der Waals surface area contributed by atoms with Gasteiger partial charge in [-0.1, -0.05) is 13.3 Å². The van der Waals surface area contributed by atoms with Crippen molar-refractivity contribution in [3.63, 3.8) is 0 Å². The molecule has 0 spiro atoms. The summed E-state index contributed by atoms with van der Waals surface area (Å²) < 4.78 is 5.59. The molecule has 1 rings (SSSR count). The molecule has 108 valence electrons. The maximum Gasteiger partial charge on any atom is 0.0518 e. The molecule has 0 aliphatic carbocycles. The number of rotatable bonds is 8. The van der Waals surface area contributed by atoms with Crippen LogP contribution >= 0.6 is 0 Å². The fraction of sp³-hybridized carbons (Fsp3) is 1.00. The first-order valence-corrected chi connectivity index (χ1v) is 7.72. The fourth-order valence-corrected chi connectivity index (χ4v) is 2.58. The lowest BCUT2D eigenvalue weighted by atomic mass is 10.1. The van der Waals surface area contributed by atoms with Gasteiger partial charge in [-0.25, -0.2) is 0 Å². The highest BCUT2D eigenvalue weighted by Gasteiger charge is 2.23. The Morgan fingerprint density at radius 3 is 2.78 bits per heavy atom. The Balaban J connectivity index is 2.14. The molecule has 2 unspecified atom stereocenters. The zero-order valence-electron chi connectivity index (χ0n) is 12.7. The molecular weight excluding hydrogens is 224 g/mol. The first-order valence-electron chi connectivity index (χ1n) is 7.72. The molecular formula is C15H32N2O. The van der Waals surface area contributed by atoms with Crippen molar-refractivity contribution in [1.82, 2.24) is 10.2 Å². The summed E-state index contributed by atoms with van der Waals surface area (Å²) in [6.07, 6.45) is 5.40. The quantitative estimate of drug-likeness (QED) is 0.676. The molecule has 1 aliphatic heterocycles. The van der Waals surface area contributed by atoms with E-state index in [9.17, 15) is 0 Å². The topological polar surface area (TPSA) is 24.5 Å². The summed E-state index contributed by atoms with van der Waals surface area (Å²) in [4.78, 5) is 2.65. The van der Waals surface area contributed by atoms with Gasteiger partial charge in [0.15, 0.2) is 0 Å². The minimum absolute atomic E-state index is 0.372. The molecule has 2 atom stereocenters. The fourth-order valence-electron chi connectivity index (χ4n) is 2.58. The van der Waals surface area contributed by atoms with Crippen molar-refractivity contribution in [1.29, 1.82) is 0 Å². The molecule has 3 nitrogen and oxygen atoms in total. The van der Waals surface area contributed by atoms with Gasteiger partial charge in [0, 0.05) is 31.8 Å². The lowest BCUT2D eigenvalue weighted by Gasteiger charge is -2.39. The van der Waals surface area contributed by atoms with Crippen molar-refractivity contribution < 1.29 is 4.74 Å². The van der Waals surface area contributed by atoms with Gasteiger partial charge in [0.2, 0.25) is 0 Å². The second-order valence-corrected chi connectivity index (χ2v) is 5.86. The standard InChI is InChI=1S/C15H32N2O/c1-5-8-15-12-17(14(4)11-16-15)9-6-7-10-18-13(2)3/h13-16H,5-12H2,1-4H3. The van der Waals surface area contributed by atoms with Gasteiger partial charge >= 0.3 is 0 Å². The molecule has 0 aromatic rings. The van der Waals surface area contributed by atoms with Gasteiger partial charge in [0.1, 0.15) is 0 Å². The molecule has 3 heteroatoms. The van der Waals surface area contributed by atoms with Crippen LogP contribution in [0.1, 0.15) is 53.4 Å². The summed E-state index contributed by atoms with van der Waals surface area (Å²) in [5.74, 6) is 0. The molecule has 1 N–H and O–H groups in total. The molecule has 1 aliphatic rings. The number of hydrogen-bond donors (Lipinski definition) is 1. The van der Waals surface area contributed by atoms with E-state index in [0.717, 1.165) is 13.2 Å². The van der Waals surface area contributed by atoms with E-state index in [1.165, 1.54) is 38.8 Å². The van der Waals surface area contributed by atoms with Gasteiger partial charge in [-0.15, -0.1) is 0 Å². The van der Waals surface area contributed by atoms with Crippen molar-refractivity contribution >= 4 is 0 Å². The third-order valence-electron chi connectivity index (χ3n) is 3.71. The molecule has 1 fully saturated rings. The SMILES string of the molecule is CCCC1CN(CCCCOC(C)C)C(C)CN1. The van der Waals surface area contributed by atoms with Gasteiger partial charge in [0.05, 0.1) is 6.10 Å². The van der Waals surface area contributed by atoms with Crippen LogP contribution in [-0.2, 0) is 4.74 Å². The van der Waals surface area contributed by atoms with E-state index in [0.29, 0.717) is 18.2 Å². The van der Waals surface area contributed by atoms with Gasteiger partial charge < -0.3 is 10.1 Å². The van der Waals surface area contributed by atoms with Gasteiger partial charge in [-0.3, -0.25) is 4.90 Å². The Hall–Kier alpha value is -0.120. The van der Waals surface area contributed by atoms with Crippen LogP contribution in [-0.4, -0.2) is 49.3 Å². The smallest absolute Gasteiger partial charge is 0.0518 e. The molecule has 0 bridgehead atoms. The van der Waals surface area contributed by atoms with Crippen LogP contribution in [0.2, 0.25) is 0 Å². The van der Waals surface area contributed by atoms with Gasteiger partial charge in [-0.2, -0.15) is 0 Å². The summed E-state index contributed by atoms with van der Waals surface area (Å²) in [6.45, 7) is 13.3. The number of unbranched alkanes of at least 4 members (excludes halogenated alkanes) is 1. The Morgan fingerprint density at radius 2 is 2.11 bits per heavy atom. The Morgan fingerprint density at radius 1 is 1.33 bits per heavy atom. The summed E-state index contributed by atoms with van der Waals surface area (Å²) in [6, 6.07) is 1.39. The molecule has 1 saturated heterocycles. The van der Waals surface area contributed by atoms with Crippen molar-refractivity contribution in [2.45, 2.75) is 71.6 Å². The van der Waals surface area contributed by atoms with E-state index >= 15 is 0 Å². The first-order chi connectivity index (χ1) is 8.63. The second-order valence-electron chi connectivity index (χ2n) is 5.86. The Bertz CT molecular complexity index is 209. The molecule has 0 saturated carbocycles. The van der Waals surface area contributed by atoms with Gasteiger partial charge in [0.25, 0.3) is 0 Å².